The second-order valence-corrected chi connectivity index (χ2v) is 10.7. The van der Waals surface area contributed by atoms with Crippen LogP contribution < -0.4 is 10.6 Å². The Kier molecular flexibility index (Phi) is 6.84. The SMILES string of the molecule is [2H]C(Nc1cc(Br)c2ncc(C#N)c(N[C@H](CC)c3ccccc3)c2c1)(c1ccc(F)cc1)c1cn(C2CC2)nn1. The van der Waals surface area contributed by atoms with Gasteiger partial charge in [0.2, 0.25) is 0 Å². The quantitative estimate of drug-likeness (QED) is 0.181. The Bertz CT molecular complexity index is 1750. The largest absolute Gasteiger partial charge is 0.377 e. The molecule has 9 heteroatoms. The molecule has 1 saturated carbocycles. The highest BCUT2D eigenvalue weighted by Gasteiger charge is 2.27. The van der Waals surface area contributed by atoms with E-state index in [9.17, 15) is 11.0 Å². The molecule has 7 nitrogen and oxygen atoms in total. The van der Waals surface area contributed by atoms with Crippen LogP contribution in [0.1, 0.15) is 68.0 Å². The highest BCUT2D eigenvalue weighted by atomic mass is 79.9. The van der Waals surface area contributed by atoms with Gasteiger partial charge in [-0.05, 0) is 70.6 Å². The van der Waals surface area contributed by atoms with Crippen LogP contribution in [0.3, 0.4) is 0 Å². The zero-order valence-corrected chi connectivity index (χ0v) is 23.4. The Morgan fingerprint density at radius 3 is 2.60 bits per heavy atom. The maximum absolute atomic E-state index is 13.9. The number of nitrogens with zero attached hydrogens (tertiary/aromatic N) is 5. The summed E-state index contributed by atoms with van der Waals surface area (Å²) >= 11 is 3.66. The third-order valence-electron chi connectivity index (χ3n) is 7.06. The summed E-state index contributed by atoms with van der Waals surface area (Å²) in [6.45, 7) is 2.09. The summed E-state index contributed by atoms with van der Waals surface area (Å²) in [5.74, 6) is -0.388. The highest BCUT2D eigenvalue weighted by molar-refractivity contribution is 9.10. The smallest absolute Gasteiger partial charge is 0.123 e. The minimum Gasteiger partial charge on any atom is -0.377 e. The average molecular weight is 598 g/mol. The van der Waals surface area contributed by atoms with Gasteiger partial charge in [-0.15, -0.1) is 5.10 Å². The minimum absolute atomic E-state index is 0.0313. The molecule has 1 fully saturated rings. The number of anilines is 2. The molecule has 2 heterocycles. The molecule has 2 aromatic heterocycles. The van der Waals surface area contributed by atoms with Crippen molar-refractivity contribution in [2.24, 2.45) is 0 Å². The number of rotatable bonds is 9. The van der Waals surface area contributed by atoms with E-state index in [0.29, 0.717) is 44.2 Å². The van der Waals surface area contributed by atoms with Gasteiger partial charge in [-0.1, -0.05) is 54.6 Å². The van der Waals surface area contributed by atoms with E-state index in [1.165, 1.54) is 12.1 Å². The second kappa shape index (κ2) is 11.1. The number of nitriles is 1. The van der Waals surface area contributed by atoms with Crippen molar-refractivity contribution in [2.75, 3.05) is 10.6 Å². The van der Waals surface area contributed by atoms with Gasteiger partial charge in [0.25, 0.3) is 0 Å². The fraction of sp³-hybridized carbons (Fsp3) is 0.226. The average Bonchev–Trinajstić information content (AvgIpc) is 3.72. The topological polar surface area (TPSA) is 91.5 Å². The molecular formula is C31H27BrFN7. The first-order valence-electron chi connectivity index (χ1n) is 13.7. The van der Waals surface area contributed by atoms with E-state index in [0.717, 1.165) is 30.2 Å². The molecule has 3 aromatic carbocycles. The summed E-state index contributed by atoms with van der Waals surface area (Å²) in [7, 11) is 0. The Morgan fingerprint density at radius 2 is 1.90 bits per heavy atom. The maximum atomic E-state index is 13.9. The van der Waals surface area contributed by atoms with Gasteiger partial charge in [-0.25, -0.2) is 9.07 Å². The molecule has 2 N–H and O–H groups in total. The van der Waals surface area contributed by atoms with Crippen LogP contribution in [0.2, 0.25) is 0 Å². The van der Waals surface area contributed by atoms with Gasteiger partial charge >= 0.3 is 0 Å². The Balaban J connectivity index is 1.46. The lowest BCUT2D eigenvalue weighted by Gasteiger charge is -2.22. The third-order valence-corrected chi connectivity index (χ3v) is 7.67. The number of hydrogen-bond acceptors (Lipinski definition) is 6. The molecule has 6 rings (SSSR count). The van der Waals surface area contributed by atoms with E-state index in [2.05, 4.69) is 67.0 Å². The predicted octanol–water partition coefficient (Wildman–Crippen LogP) is 7.70. The van der Waals surface area contributed by atoms with Crippen molar-refractivity contribution in [3.63, 3.8) is 0 Å². The maximum Gasteiger partial charge on any atom is 0.123 e. The molecule has 1 aliphatic carbocycles. The van der Waals surface area contributed by atoms with Gasteiger partial charge in [0.1, 0.15) is 17.6 Å². The van der Waals surface area contributed by atoms with Crippen molar-refractivity contribution in [3.8, 4) is 6.07 Å². The van der Waals surface area contributed by atoms with Crippen molar-refractivity contribution >= 4 is 38.2 Å². The van der Waals surface area contributed by atoms with Crippen LogP contribution in [-0.4, -0.2) is 20.0 Å². The first-order valence-corrected chi connectivity index (χ1v) is 14.0. The number of fused-ring (bicyclic) bond motifs is 1. The lowest BCUT2D eigenvalue weighted by atomic mass is 10.0. The van der Waals surface area contributed by atoms with Gasteiger partial charge in [0.15, 0.2) is 0 Å². The normalized spacial score (nSPS) is 15.6. The van der Waals surface area contributed by atoms with Crippen LogP contribution in [0.25, 0.3) is 10.9 Å². The number of benzene rings is 3. The summed E-state index contributed by atoms with van der Waals surface area (Å²) in [4.78, 5) is 4.56. The highest BCUT2D eigenvalue weighted by Crippen LogP contribution is 2.38. The van der Waals surface area contributed by atoms with Crippen LogP contribution in [0.15, 0.2) is 83.6 Å². The second-order valence-electron chi connectivity index (χ2n) is 9.85. The summed E-state index contributed by atoms with van der Waals surface area (Å²) in [6, 6.07) is 20.6. The molecule has 0 spiro atoms. The van der Waals surface area contributed by atoms with Crippen LogP contribution in [0.4, 0.5) is 15.8 Å². The molecule has 0 saturated heterocycles. The van der Waals surface area contributed by atoms with Crippen LogP contribution in [-0.2, 0) is 0 Å². The summed E-state index contributed by atoms with van der Waals surface area (Å²) in [5, 5.41) is 26.3. The molecule has 200 valence electrons. The summed E-state index contributed by atoms with van der Waals surface area (Å²) < 4.78 is 26.0. The molecule has 0 bridgehead atoms. The molecule has 2 atom stereocenters. The van der Waals surface area contributed by atoms with E-state index < -0.39 is 6.02 Å². The Hall–Kier alpha value is -4.29. The number of aromatic nitrogens is 4. The molecule has 0 radical (unpaired) electrons. The number of hydrogen-bond donors (Lipinski definition) is 2. The first-order chi connectivity index (χ1) is 19.9. The molecule has 1 unspecified atom stereocenters. The number of nitrogens with one attached hydrogen (secondary N) is 2. The predicted molar refractivity (Wildman–Crippen MR) is 157 cm³/mol. The van der Waals surface area contributed by atoms with Crippen molar-refractivity contribution in [2.45, 2.75) is 44.3 Å². The van der Waals surface area contributed by atoms with E-state index in [1.54, 1.807) is 29.2 Å². The van der Waals surface area contributed by atoms with E-state index in [1.807, 2.05) is 30.3 Å². The van der Waals surface area contributed by atoms with Crippen LogP contribution in [0, 0.1) is 17.1 Å². The first kappa shape index (κ1) is 24.7. The van der Waals surface area contributed by atoms with E-state index in [-0.39, 0.29) is 11.9 Å². The zero-order chi connectivity index (χ0) is 28.6. The van der Waals surface area contributed by atoms with Crippen LogP contribution >= 0.6 is 15.9 Å². The minimum atomic E-state index is -1.57. The third kappa shape index (κ3) is 5.27. The molecule has 5 aromatic rings. The Labute approximate surface area is 241 Å². The van der Waals surface area contributed by atoms with E-state index >= 15 is 0 Å². The van der Waals surface area contributed by atoms with Gasteiger partial charge in [0.05, 0.1) is 42.4 Å². The monoisotopic (exact) mass is 596 g/mol. The van der Waals surface area contributed by atoms with Gasteiger partial charge in [0, 0.05) is 21.7 Å². The molecule has 1 aliphatic rings. The van der Waals surface area contributed by atoms with Crippen LogP contribution in [0.5, 0.6) is 0 Å². The van der Waals surface area contributed by atoms with Gasteiger partial charge in [-0.2, -0.15) is 5.26 Å². The molecule has 40 heavy (non-hydrogen) atoms. The van der Waals surface area contributed by atoms with Crippen molar-refractivity contribution < 1.29 is 5.76 Å². The Morgan fingerprint density at radius 1 is 1.12 bits per heavy atom. The number of halogens is 2. The summed E-state index contributed by atoms with van der Waals surface area (Å²) in [6.07, 6.45) is 6.21. The zero-order valence-electron chi connectivity index (χ0n) is 22.8. The fourth-order valence-corrected chi connectivity index (χ4v) is 5.37. The van der Waals surface area contributed by atoms with Crippen molar-refractivity contribution in [1.82, 2.24) is 20.0 Å². The van der Waals surface area contributed by atoms with Gasteiger partial charge < -0.3 is 10.6 Å². The van der Waals surface area contributed by atoms with Crippen molar-refractivity contribution in [1.29, 1.82) is 5.26 Å². The molecular weight excluding hydrogens is 569 g/mol. The lowest BCUT2D eigenvalue weighted by Crippen LogP contribution is -2.14. The molecule has 0 aliphatic heterocycles. The lowest BCUT2D eigenvalue weighted by molar-refractivity contribution is 0.610. The fourth-order valence-electron chi connectivity index (χ4n) is 4.81. The van der Waals surface area contributed by atoms with Crippen molar-refractivity contribution in [3.05, 3.63) is 112 Å². The number of pyridine rings is 1. The molecule has 0 amide bonds. The van der Waals surface area contributed by atoms with E-state index in [4.69, 9.17) is 0 Å². The van der Waals surface area contributed by atoms with Gasteiger partial charge in [-0.3, -0.25) is 4.98 Å². The summed E-state index contributed by atoms with van der Waals surface area (Å²) in [5.41, 5.74) is 4.36. The standard InChI is InChI=1S/C31H27BrFN7/c1-2-27(19-6-4-3-5-7-19)37-29-21(16-34)17-35-31-25(29)14-23(15-26(31)32)36-30(20-8-10-22(33)11-9-20)28-18-40(39-38-28)24-12-13-24/h3-11,14-15,17-18,24,27,30,36H,2,12-13H2,1H3,(H,35,37)/t27-,30?/m1/s1/i30D.